The summed E-state index contributed by atoms with van der Waals surface area (Å²) >= 11 is 4.23. The molecule has 0 N–H and O–H groups in total. The van der Waals surface area contributed by atoms with Crippen molar-refractivity contribution in [1.82, 2.24) is 4.90 Å². The Bertz CT molecular complexity index is 162. The summed E-state index contributed by atoms with van der Waals surface area (Å²) in [5.74, 6) is 1.04. The topological polar surface area (TPSA) is 21.7 Å². The minimum absolute atomic E-state index is 0.813. The number of methoxy groups -OCH3 is 2. The zero-order valence-corrected chi connectivity index (χ0v) is 13.8. The highest BCUT2D eigenvalue weighted by atomic mass is 32.1. The maximum Gasteiger partial charge on any atom is 0.0589 e. The molecule has 0 saturated heterocycles. The summed E-state index contributed by atoms with van der Waals surface area (Å²) in [5.41, 5.74) is 0. The van der Waals surface area contributed by atoms with E-state index in [9.17, 15) is 0 Å². The summed E-state index contributed by atoms with van der Waals surface area (Å²) in [5, 5.41) is 0. The van der Waals surface area contributed by atoms with Gasteiger partial charge in [0.15, 0.2) is 0 Å². The molecule has 0 spiro atoms. The highest BCUT2D eigenvalue weighted by Gasteiger charge is 2.03. The Balaban J connectivity index is 3.40. The van der Waals surface area contributed by atoms with E-state index in [0.717, 1.165) is 32.1 Å². The first-order valence-electron chi connectivity index (χ1n) is 7.66. The molecule has 0 heterocycles. The molecule has 0 saturated carbocycles. The van der Waals surface area contributed by atoms with Gasteiger partial charge in [-0.25, -0.2) is 0 Å². The van der Waals surface area contributed by atoms with Crippen molar-refractivity contribution in [3.63, 3.8) is 0 Å². The van der Waals surface area contributed by atoms with Crippen LogP contribution in [0.2, 0.25) is 0 Å². The van der Waals surface area contributed by atoms with Crippen molar-refractivity contribution < 1.29 is 9.47 Å². The summed E-state index contributed by atoms with van der Waals surface area (Å²) < 4.78 is 10.3. The third-order valence-corrected chi connectivity index (χ3v) is 3.67. The van der Waals surface area contributed by atoms with Gasteiger partial charge < -0.3 is 9.47 Å². The first-order valence-corrected chi connectivity index (χ1v) is 8.29. The van der Waals surface area contributed by atoms with Crippen molar-refractivity contribution in [2.75, 3.05) is 52.8 Å². The first kappa shape index (κ1) is 19.2. The number of hydrogen-bond donors (Lipinski definition) is 1. The van der Waals surface area contributed by atoms with Gasteiger partial charge in [0.1, 0.15) is 0 Å². The lowest BCUT2D eigenvalue weighted by atomic mass is 10.1. The fraction of sp³-hybridized carbons (Fsp3) is 1.00. The number of hydrogen-bond acceptors (Lipinski definition) is 4. The lowest BCUT2D eigenvalue weighted by Crippen LogP contribution is -2.31. The van der Waals surface area contributed by atoms with E-state index in [1.807, 2.05) is 0 Å². The number of nitrogens with zero attached hydrogens (tertiary/aromatic N) is 1. The SMILES string of the molecule is COCCN(CCCCCCCCCS)CCOC. The second-order valence-corrected chi connectivity index (χ2v) is 5.47. The van der Waals surface area contributed by atoms with E-state index in [4.69, 9.17) is 9.47 Å². The van der Waals surface area contributed by atoms with Gasteiger partial charge in [-0.3, -0.25) is 4.90 Å². The molecule has 0 amide bonds. The van der Waals surface area contributed by atoms with Crippen molar-refractivity contribution in [2.45, 2.75) is 44.9 Å². The standard InChI is InChI=1S/C15H33NO2S/c1-17-13-11-16(12-14-18-2)10-8-6-4-3-5-7-9-15-19/h19H,3-15H2,1-2H3. The Labute approximate surface area is 125 Å². The maximum absolute atomic E-state index is 5.15. The summed E-state index contributed by atoms with van der Waals surface area (Å²) in [6.07, 6.45) is 9.37. The molecule has 19 heavy (non-hydrogen) atoms. The van der Waals surface area contributed by atoms with E-state index < -0.39 is 0 Å². The van der Waals surface area contributed by atoms with Crippen LogP contribution in [0.5, 0.6) is 0 Å². The van der Waals surface area contributed by atoms with Crippen LogP contribution >= 0.6 is 12.6 Å². The number of ether oxygens (including phenoxy) is 2. The van der Waals surface area contributed by atoms with Crippen LogP contribution in [0.1, 0.15) is 44.9 Å². The van der Waals surface area contributed by atoms with E-state index in [1.54, 1.807) is 14.2 Å². The highest BCUT2D eigenvalue weighted by molar-refractivity contribution is 7.80. The van der Waals surface area contributed by atoms with Gasteiger partial charge in [-0.15, -0.1) is 0 Å². The zero-order valence-electron chi connectivity index (χ0n) is 12.9. The Hall–Kier alpha value is 0.230. The zero-order chi connectivity index (χ0) is 14.2. The Morgan fingerprint density at radius 2 is 1.16 bits per heavy atom. The molecule has 0 atom stereocenters. The fourth-order valence-electron chi connectivity index (χ4n) is 2.11. The van der Waals surface area contributed by atoms with E-state index in [1.165, 1.54) is 51.5 Å². The minimum Gasteiger partial charge on any atom is -0.383 e. The van der Waals surface area contributed by atoms with Gasteiger partial charge in [0.2, 0.25) is 0 Å². The van der Waals surface area contributed by atoms with Crippen LogP contribution < -0.4 is 0 Å². The van der Waals surface area contributed by atoms with Crippen LogP contribution in [0.4, 0.5) is 0 Å². The van der Waals surface area contributed by atoms with Crippen LogP contribution in [0.25, 0.3) is 0 Å². The third kappa shape index (κ3) is 14.4. The molecule has 0 unspecified atom stereocenters. The Morgan fingerprint density at radius 1 is 0.684 bits per heavy atom. The molecule has 0 aliphatic carbocycles. The molecule has 0 aromatic rings. The minimum atomic E-state index is 0.813. The molecule has 0 aromatic carbocycles. The Kier molecular flexibility index (Phi) is 16.5. The Morgan fingerprint density at radius 3 is 1.63 bits per heavy atom. The van der Waals surface area contributed by atoms with Crippen molar-refractivity contribution in [3.8, 4) is 0 Å². The van der Waals surface area contributed by atoms with E-state index >= 15 is 0 Å². The second-order valence-electron chi connectivity index (χ2n) is 5.03. The summed E-state index contributed by atoms with van der Waals surface area (Å²) in [4.78, 5) is 2.44. The van der Waals surface area contributed by atoms with Gasteiger partial charge in [0.05, 0.1) is 13.2 Å². The highest BCUT2D eigenvalue weighted by Crippen LogP contribution is 2.08. The number of rotatable bonds is 15. The van der Waals surface area contributed by atoms with Crippen LogP contribution in [-0.4, -0.2) is 57.7 Å². The normalized spacial score (nSPS) is 11.4. The molecule has 0 rings (SSSR count). The molecule has 0 fully saturated rings. The molecule has 0 bridgehead atoms. The smallest absolute Gasteiger partial charge is 0.0589 e. The largest absolute Gasteiger partial charge is 0.383 e. The summed E-state index contributed by atoms with van der Waals surface area (Å²) in [6.45, 7) is 4.83. The van der Waals surface area contributed by atoms with Crippen molar-refractivity contribution in [1.29, 1.82) is 0 Å². The van der Waals surface area contributed by atoms with E-state index in [0.29, 0.717) is 0 Å². The number of unbranched alkanes of at least 4 members (excludes halogenated alkanes) is 6. The number of thiol groups is 1. The predicted molar refractivity (Wildman–Crippen MR) is 86.4 cm³/mol. The van der Waals surface area contributed by atoms with Crippen molar-refractivity contribution in [2.24, 2.45) is 0 Å². The molecule has 3 nitrogen and oxygen atoms in total. The molecule has 0 aromatic heterocycles. The van der Waals surface area contributed by atoms with Crippen LogP contribution in [0.3, 0.4) is 0 Å². The third-order valence-electron chi connectivity index (χ3n) is 3.36. The fourth-order valence-corrected chi connectivity index (χ4v) is 2.33. The van der Waals surface area contributed by atoms with Crippen LogP contribution in [0, 0.1) is 0 Å². The summed E-state index contributed by atoms with van der Waals surface area (Å²) in [6, 6.07) is 0. The molecule has 0 aliphatic rings. The van der Waals surface area contributed by atoms with Crippen LogP contribution in [0.15, 0.2) is 0 Å². The summed E-state index contributed by atoms with van der Waals surface area (Å²) in [7, 11) is 3.53. The van der Waals surface area contributed by atoms with Gasteiger partial charge in [0.25, 0.3) is 0 Å². The van der Waals surface area contributed by atoms with Crippen molar-refractivity contribution >= 4 is 12.6 Å². The second kappa shape index (κ2) is 16.3. The monoisotopic (exact) mass is 291 g/mol. The van der Waals surface area contributed by atoms with Gasteiger partial charge in [-0.2, -0.15) is 12.6 Å². The quantitative estimate of drug-likeness (QED) is 0.370. The molecule has 0 aliphatic heterocycles. The van der Waals surface area contributed by atoms with E-state index in [2.05, 4.69) is 17.5 Å². The van der Waals surface area contributed by atoms with Gasteiger partial charge in [0, 0.05) is 27.3 Å². The molecule has 0 radical (unpaired) electrons. The molecular formula is C15H33NO2S. The molecule has 4 heteroatoms. The van der Waals surface area contributed by atoms with Gasteiger partial charge in [-0.1, -0.05) is 32.1 Å². The predicted octanol–water partition coefficient (Wildman–Crippen LogP) is 3.24. The first-order chi connectivity index (χ1) is 9.35. The lowest BCUT2D eigenvalue weighted by molar-refractivity contribution is 0.113. The maximum atomic E-state index is 5.15. The average molecular weight is 292 g/mol. The van der Waals surface area contributed by atoms with Gasteiger partial charge in [-0.05, 0) is 25.1 Å². The van der Waals surface area contributed by atoms with E-state index in [-0.39, 0.29) is 0 Å². The lowest BCUT2D eigenvalue weighted by Gasteiger charge is -2.21. The van der Waals surface area contributed by atoms with Crippen LogP contribution in [-0.2, 0) is 9.47 Å². The van der Waals surface area contributed by atoms with Crippen molar-refractivity contribution in [3.05, 3.63) is 0 Å². The molecule has 116 valence electrons. The molecular weight excluding hydrogens is 258 g/mol. The average Bonchev–Trinajstić information content (AvgIpc) is 2.43. The van der Waals surface area contributed by atoms with Gasteiger partial charge >= 0.3 is 0 Å².